The Bertz CT molecular complexity index is 308. The SMILES string of the molecule is COc1cc(C=O)cc(F)c1C. The second-order valence-corrected chi connectivity index (χ2v) is 2.45. The van der Waals surface area contributed by atoms with Crippen LogP contribution < -0.4 is 4.74 Å². The molecular formula is C9H9FO2. The first-order chi connectivity index (χ1) is 5.69. The van der Waals surface area contributed by atoms with E-state index in [0.29, 0.717) is 17.6 Å². The quantitative estimate of drug-likeness (QED) is 0.631. The van der Waals surface area contributed by atoms with Gasteiger partial charge in [-0.1, -0.05) is 0 Å². The van der Waals surface area contributed by atoms with Gasteiger partial charge >= 0.3 is 0 Å². The van der Waals surface area contributed by atoms with E-state index < -0.39 is 5.82 Å². The van der Waals surface area contributed by atoms with E-state index in [1.165, 1.54) is 19.2 Å². The fraction of sp³-hybridized carbons (Fsp3) is 0.222. The van der Waals surface area contributed by atoms with Crippen LogP contribution in [0.25, 0.3) is 0 Å². The highest BCUT2D eigenvalue weighted by molar-refractivity contribution is 5.76. The number of carbonyl (C=O) groups is 1. The van der Waals surface area contributed by atoms with Crippen LogP contribution in [0.1, 0.15) is 15.9 Å². The zero-order valence-corrected chi connectivity index (χ0v) is 6.93. The molecule has 0 heterocycles. The van der Waals surface area contributed by atoms with Crippen LogP contribution >= 0.6 is 0 Å². The van der Waals surface area contributed by atoms with Gasteiger partial charge in [0.05, 0.1) is 7.11 Å². The Hall–Kier alpha value is -1.38. The van der Waals surface area contributed by atoms with Crippen molar-refractivity contribution in [3.05, 3.63) is 29.1 Å². The third-order valence-electron chi connectivity index (χ3n) is 1.67. The number of aldehydes is 1. The molecule has 0 aliphatic carbocycles. The third-order valence-corrected chi connectivity index (χ3v) is 1.67. The second kappa shape index (κ2) is 3.34. The Labute approximate surface area is 70.0 Å². The number of hydrogen-bond donors (Lipinski definition) is 0. The lowest BCUT2D eigenvalue weighted by atomic mass is 10.1. The van der Waals surface area contributed by atoms with Crippen LogP contribution in [-0.4, -0.2) is 13.4 Å². The van der Waals surface area contributed by atoms with Crippen molar-refractivity contribution in [3.8, 4) is 5.75 Å². The largest absolute Gasteiger partial charge is 0.496 e. The number of ether oxygens (including phenoxy) is 1. The molecule has 2 nitrogen and oxygen atoms in total. The highest BCUT2D eigenvalue weighted by atomic mass is 19.1. The predicted molar refractivity (Wildman–Crippen MR) is 43.1 cm³/mol. The van der Waals surface area contributed by atoms with Gasteiger partial charge in [0.1, 0.15) is 17.9 Å². The molecule has 1 aromatic carbocycles. The smallest absolute Gasteiger partial charge is 0.150 e. The molecule has 3 heteroatoms. The molecule has 1 aromatic rings. The first-order valence-corrected chi connectivity index (χ1v) is 3.48. The fourth-order valence-corrected chi connectivity index (χ4v) is 0.954. The minimum absolute atomic E-state index is 0.287. The Morgan fingerprint density at radius 2 is 2.17 bits per heavy atom. The normalized spacial score (nSPS) is 9.58. The van der Waals surface area contributed by atoms with Crippen LogP contribution in [0.5, 0.6) is 5.75 Å². The maximum absolute atomic E-state index is 13.0. The maximum Gasteiger partial charge on any atom is 0.150 e. The first-order valence-electron chi connectivity index (χ1n) is 3.48. The van der Waals surface area contributed by atoms with Gasteiger partial charge in [-0.05, 0) is 19.1 Å². The lowest BCUT2D eigenvalue weighted by molar-refractivity contribution is 0.112. The fourth-order valence-electron chi connectivity index (χ4n) is 0.954. The maximum atomic E-state index is 13.0. The number of carbonyl (C=O) groups excluding carboxylic acids is 1. The summed E-state index contributed by atoms with van der Waals surface area (Å²) in [5.41, 5.74) is 0.707. The monoisotopic (exact) mass is 168 g/mol. The molecule has 1 rings (SSSR count). The van der Waals surface area contributed by atoms with Gasteiger partial charge < -0.3 is 4.74 Å². The molecule has 12 heavy (non-hydrogen) atoms. The average Bonchev–Trinajstić information content (AvgIpc) is 2.09. The summed E-state index contributed by atoms with van der Waals surface area (Å²) in [6.45, 7) is 1.60. The van der Waals surface area contributed by atoms with Gasteiger partial charge in [0.15, 0.2) is 0 Å². The van der Waals surface area contributed by atoms with Crippen molar-refractivity contribution in [1.82, 2.24) is 0 Å². The summed E-state index contributed by atoms with van der Waals surface area (Å²) >= 11 is 0. The summed E-state index contributed by atoms with van der Waals surface area (Å²) in [5, 5.41) is 0. The predicted octanol–water partition coefficient (Wildman–Crippen LogP) is 1.96. The molecule has 0 saturated heterocycles. The molecule has 0 N–H and O–H groups in total. The van der Waals surface area contributed by atoms with Gasteiger partial charge in [0, 0.05) is 11.1 Å². The van der Waals surface area contributed by atoms with Crippen LogP contribution in [0.3, 0.4) is 0 Å². The molecule has 64 valence electrons. The van der Waals surface area contributed by atoms with E-state index in [2.05, 4.69) is 0 Å². The molecule has 0 aliphatic heterocycles. The van der Waals surface area contributed by atoms with Crippen LogP contribution in [0.15, 0.2) is 12.1 Å². The second-order valence-electron chi connectivity index (χ2n) is 2.45. The molecule has 0 bridgehead atoms. The average molecular weight is 168 g/mol. The molecular weight excluding hydrogens is 159 g/mol. The third kappa shape index (κ3) is 1.44. The highest BCUT2D eigenvalue weighted by Crippen LogP contribution is 2.21. The van der Waals surface area contributed by atoms with E-state index in [-0.39, 0.29) is 5.56 Å². The van der Waals surface area contributed by atoms with Crippen LogP contribution in [-0.2, 0) is 0 Å². The van der Waals surface area contributed by atoms with E-state index in [1.54, 1.807) is 6.92 Å². The highest BCUT2D eigenvalue weighted by Gasteiger charge is 2.06. The summed E-state index contributed by atoms with van der Waals surface area (Å²) in [6.07, 6.45) is 0.588. The Kier molecular flexibility index (Phi) is 2.43. The Morgan fingerprint density at radius 3 is 2.67 bits per heavy atom. The topological polar surface area (TPSA) is 26.3 Å². The Balaban J connectivity index is 3.28. The Morgan fingerprint density at radius 1 is 1.50 bits per heavy atom. The van der Waals surface area contributed by atoms with Crippen LogP contribution in [0.2, 0.25) is 0 Å². The van der Waals surface area contributed by atoms with E-state index in [0.717, 1.165) is 0 Å². The van der Waals surface area contributed by atoms with Crippen molar-refractivity contribution in [1.29, 1.82) is 0 Å². The summed E-state index contributed by atoms with van der Waals surface area (Å²) in [7, 11) is 1.44. The summed E-state index contributed by atoms with van der Waals surface area (Å²) in [4.78, 5) is 10.3. The van der Waals surface area contributed by atoms with Crippen LogP contribution in [0.4, 0.5) is 4.39 Å². The molecule has 0 atom stereocenters. The van der Waals surface area contributed by atoms with E-state index in [4.69, 9.17) is 4.74 Å². The lowest BCUT2D eigenvalue weighted by Crippen LogP contribution is -1.93. The van der Waals surface area contributed by atoms with Gasteiger partial charge in [-0.2, -0.15) is 0 Å². The summed E-state index contributed by atoms with van der Waals surface area (Å²) < 4.78 is 17.8. The van der Waals surface area contributed by atoms with Gasteiger partial charge in [-0.15, -0.1) is 0 Å². The van der Waals surface area contributed by atoms with Crippen molar-refractivity contribution in [2.24, 2.45) is 0 Å². The number of halogens is 1. The summed E-state index contributed by atoms with van der Waals surface area (Å²) in [6, 6.07) is 2.69. The first kappa shape index (κ1) is 8.71. The standard InChI is InChI=1S/C9H9FO2/c1-6-8(10)3-7(5-11)4-9(6)12-2/h3-5H,1-2H3. The van der Waals surface area contributed by atoms with Gasteiger partial charge in [-0.3, -0.25) is 4.79 Å². The van der Waals surface area contributed by atoms with Gasteiger partial charge in [0.2, 0.25) is 0 Å². The molecule has 0 spiro atoms. The number of rotatable bonds is 2. The zero-order valence-electron chi connectivity index (χ0n) is 6.93. The summed E-state index contributed by atoms with van der Waals surface area (Å²) in [5.74, 6) is -0.0199. The molecule has 0 saturated carbocycles. The molecule has 0 amide bonds. The minimum Gasteiger partial charge on any atom is -0.496 e. The number of methoxy groups -OCH3 is 1. The van der Waals surface area contributed by atoms with Crippen molar-refractivity contribution < 1.29 is 13.9 Å². The number of hydrogen-bond acceptors (Lipinski definition) is 2. The molecule has 0 aliphatic rings. The number of benzene rings is 1. The van der Waals surface area contributed by atoms with E-state index >= 15 is 0 Å². The van der Waals surface area contributed by atoms with Crippen molar-refractivity contribution in [2.75, 3.05) is 7.11 Å². The molecule has 0 radical (unpaired) electrons. The van der Waals surface area contributed by atoms with Gasteiger partial charge in [-0.25, -0.2) is 4.39 Å². The molecule has 0 fully saturated rings. The van der Waals surface area contributed by atoms with Crippen molar-refractivity contribution in [2.45, 2.75) is 6.92 Å². The minimum atomic E-state index is -0.420. The van der Waals surface area contributed by atoms with Crippen molar-refractivity contribution >= 4 is 6.29 Å². The van der Waals surface area contributed by atoms with Crippen molar-refractivity contribution in [3.63, 3.8) is 0 Å². The lowest BCUT2D eigenvalue weighted by Gasteiger charge is -2.05. The molecule has 0 unspecified atom stereocenters. The van der Waals surface area contributed by atoms with Gasteiger partial charge in [0.25, 0.3) is 0 Å². The van der Waals surface area contributed by atoms with E-state index in [9.17, 15) is 9.18 Å². The van der Waals surface area contributed by atoms with Crippen LogP contribution in [0, 0.1) is 12.7 Å². The molecule has 0 aromatic heterocycles. The zero-order chi connectivity index (χ0) is 9.14. The van der Waals surface area contributed by atoms with E-state index in [1.807, 2.05) is 0 Å².